The largest absolute Gasteiger partial charge is 0.504 e. The van der Waals surface area contributed by atoms with E-state index in [0.717, 1.165) is 12.1 Å². The molecule has 3 rings (SSSR count). The number of hydrogen-bond donors (Lipinski definition) is 2. The highest BCUT2D eigenvalue weighted by Crippen LogP contribution is 2.19. The van der Waals surface area contributed by atoms with Crippen LogP contribution in [0.4, 0.5) is 0 Å². The summed E-state index contributed by atoms with van der Waals surface area (Å²) in [6.07, 6.45) is 1.43. The predicted molar refractivity (Wildman–Crippen MR) is 91.3 cm³/mol. The van der Waals surface area contributed by atoms with Crippen LogP contribution in [0.1, 0.15) is 26.5 Å². The molecule has 0 aliphatic carbocycles. The zero-order chi connectivity index (χ0) is 18.8. The first-order valence-electron chi connectivity index (χ1n) is 8.07. The summed E-state index contributed by atoms with van der Waals surface area (Å²) in [6.45, 7) is 2.86. The van der Waals surface area contributed by atoms with Gasteiger partial charge in [-0.3, -0.25) is 14.4 Å². The van der Waals surface area contributed by atoms with E-state index >= 15 is 0 Å². The number of hydrogen-bond acceptors (Lipinski definition) is 6. The predicted octanol–water partition coefficient (Wildman–Crippen LogP) is 0.958. The first kappa shape index (κ1) is 17.5. The zero-order valence-electron chi connectivity index (χ0n) is 14.1. The van der Waals surface area contributed by atoms with Gasteiger partial charge in [0.05, 0.1) is 6.26 Å². The van der Waals surface area contributed by atoms with Gasteiger partial charge in [-0.25, -0.2) is 0 Å². The van der Waals surface area contributed by atoms with E-state index in [4.69, 9.17) is 4.42 Å². The lowest BCUT2D eigenvalue weighted by molar-refractivity contribution is 0.0517. The third kappa shape index (κ3) is 3.26. The van der Waals surface area contributed by atoms with E-state index in [9.17, 15) is 24.6 Å². The number of aromatic hydroxyl groups is 2. The number of rotatable bonds is 2. The molecule has 1 aliphatic heterocycles. The zero-order valence-corrected chi connectivity index (χ0v) is 14.1. The fourth-order valence-electron chi connectivity index (χ4n) is 2.87. The molecule has 2 amide bonds. The van der Waals surface area contributed by atoms with Crippen molar-refractivity contribution >= 4 is 11.8 Å². The molecule has 136 valence electrons. The Morgan fingerprint density at radius 1 is 1.00 bits per heavy atom. The molecule has 0 bridgehead atoms. The lowest BCUT2D eigenvalue weighted by Crippen LogP contribution is -2.50. The minimum absolute atomic E-state index is 0.130. The van der Waals surface area contributed by atoms with E-state index in [2.05, 4.69) is 0 Å². The Kier molecular flexibility index (Phi) is 4.66. The van der Waals surface area contributed by atoms with E-state index in [1.54, 1.807) is 24.0 Å². The minimum Gasteiger partial charge on any atom is -0.504 e. The number of nitrogens with zero attached hydrogens (tertiary/aromatic N) is 2. The molecule has 1 saturated heterocycles. The fraction of sp³-hybridized carbons (Fsp3) is 0.278. The fourth-order valence-corrected chi connectivity index (χ4v) is 2.87. The second-order valence-corrected chi connectivity index (χ2v) is 6.05. The Morgan fingerprint density at radius 2 is 1.58 bits per heavy atom. The van der Waals surface area contributed by atoms with Gasteiger partial charge in [0.2, 0.25) is 0 Å². The monoisotopic (exact) mass is 358 g/mol. The maximum Gasteiger partial charge on any atom is 0.289 e. The van der Waals surface area contributed by atoms with E-state index in [-0.39, 0.29) is 23.1 Å². The van der Waals surface area contributed by atoms with Gasteiger partial charge in [-0.1, -0.05) is 0 Å². The molecule has 1 aliphatic rings. The summed E-state index contributed by atoms with van der Waals surface area (Å²) in [5.74, 6) is -1.67. The molecule has 2 N–H and O–H groups in total. The first-order chi connectivity index (χ1) is 12.4. The van der Waals surface area contributed by atoms with Gasteiger partial charge >= 0.3 is 0 Å². The molecule has 8 heteroatoms. The van der Waals surface area contributed by atoms with Crippen LogP contribution < -0.4 is 5.43 Å². The number of aryl methyl sites for hydroxylation is 1. The average Bonchev–Trinajstić information content (AvgIpc) is 3.15. The number of carbonyl (C=O) groups excluding carboxylic acids is 2. The van der Waals surface area contributed by atoms with Gasteiger partial charge in [0, 0.05) is 31.7 Å². The Labute approximate surface area is 148 Å². The van der Waals surface area contributed by atoms with Crippen molar-refractivity contribution in [1.29, 1.82) is 0 Å². The van der Waals surface area contributed by atoms with Crippen molar-refractivity contribution < 1.29 is 24.2 Å². The molecule has 26 heavy (non-hydrogen) atoms. The van der Waals surface area contributed by atoms with Crippen molar-refractivity contribution in [2.24, 2.45) is 0 Å². The van der Waals surface area contributed by atoms with Crippen molar-refractivity contribution in [2.45, 2.75) is 6.92 Å². The maximum absolute atomic E-state index is 12.7. The standard InChI is InChI=1S/C18H18N2O6/c1-11-9-13(21)16(23)14(22)10-12(11)17(24)19-4-6-20(7-5-19)18(25)15-3-2-8-26-15/h2-3,8-10H,4-7H2,1H3,(H2,21,22,23). The Bertz CT molecular complexity index is 899. The van der Waals surface area contributed by atoms with Crippen molar-refractivity contribution in [2.75, 3.05) is 26.2 Å². The average molecular weight is 358 g/mol. The van der Waals surface area contributed by atoms with Gasteiger partial charge in [0.1, 0.15) is 0 Å². The van der Waals surface area contributed by atoms with E-state index in [1.807, 2.05) is 0 Å². The van der Waals surface area contributed by atoms with Crippen LogP contribution >= 0.6 is 0 Å². The SMILES string of the molecule is Cc1cc(O)c(=O)c(O)cc1C(=O)N1CCN(C(=O)c2ccco2)CC1. The smallest absolute Gasteiger partial charge is 0.289 e. The van der Waals surface area contributed by atoms with E-state index in [0.29, 0.717) is 31.7 Å². The summed E-state index contributed by atoms with van der Waals surface area (Å²) >= 11 is 0. The Hall–Kier alpha value is -3.29. The highest BCUT2D eigenvalue weighted by atomic mass is 16.3. The van der Waals surface area contributed by atoms with Crippen LogP contribution in [0.15, 0.2) is 39.7 Å². The van der Waals surface area contributed by atoms with Gasteiger partial charge in [-0.2, -0.15) is 0 Å². The van der Waals surface area contributed by atoms with Crippen molar-refractivity contribution in [3.05, 3.63) is 57.6 Å². The van der Waals surface area contributed by atoms with Gasteiger partial charge in [0.25, 0.3) is 17.2 Å². The first-order valence-corrected chi connectivity index (χ1v) is 8.07. The third-order valence-electron chi connectivity index (χ3n) is 4.34. The molecule has 1 aromatic carbocycles. The highest BCUT2D eigenvalue weighted by Gasteiger charge is 2.27. The van der Waals surface area contributed by atoms with Crippen LogP contribution in [0.2, 0.25) is 0 Å². The molecule has 8 nitrogen and oxygen atoms in total. The Balaban J connectivity index is 1.75. The summed E-state index contributed by atoms with van der Waals surface area (Å²) < 4.78 is 5.10. The minimum atomic E-state index is -0.930. The van der Waals surface area contributed by atoms with Crippen LogP contribution in [-0.2, 0) is 0 Å². The van der Waals surface area contributed by atoms with E-state index in [1.165, 1.54) is 11.2 Å². The van der Waals surface area contributed by atoms with Crippen LogP contribution in [0.5, 0.6) is 11.5 Å². The summed E-state index contributed by atoms with van der Waals surface area (Å²) in [5.41, 5.74) is -0.425. The quantitative estimate of drug-likeness (QED) is 0.827. The van der Waals surface area contributed by atoms with Crippen molar-refractivity contribution in [3.63, 3.8) is 0 Å². The lowest BCUT2D eigenvalue weighted by Gasteiger charge is -2.34. The third-order valence-corrected chi connectivity index (χ3v) is 4.34. The molecule has 2 aromatic rings. The van der Waals surface area contributed by atoms with Crippen molar-refractivity contribution in [3.8, 4) is 11.5 Å². The number of piperazine rings is 1. The molecule has 0 saturated carbocycles. The van der Waals surface area contributed by atoms with Gasteiger partial charge in [0.15, 0.2) is 17.3 Å². The molecule has 0 unspecified atom stereocenters. The van der Waals surface area contributed by atoms with Crippen molar-refractivity contribution in [1.82, 2.24) is 9.80 Å². The van der Waals surface area contributed by atoms with Gasteiger partial charge in [-0.15, -0.1) is 0 Å². The second kappa shape index (κ2) is 6.91. The number of amides is 2. The molecule has 0 atom stereocenters. The lowest BCUT2D eigenvalue weighted by atomic mass is 10.1. The van der Waals surface area contributed by atoms with Crippen LogP contribution in [0.25, 0.3) is 0 Å². The highest BCUT2D eigenvalue weighted by molar-refractivity contribution is 5.96. The molecule has 0 spiro atoms. The number of furan rings is 1. The molecule has 0 radical (unpaired) electrons. The van der Waals surface area contributed by atoms with E-state index < -0.39 is 16.9 Å². The van der Waals surface area contributed by atoms with Crippen LogP contribution in [0, 0.1) is 6.92 Å². The second-order valence-electron chi connectivity index (χ2n) is 6.05. The summed E-state index contributed by atoms with van der Waals surface area (Å²) in [7, 11) is 0. The molecular formula is C18H18N2O6. The maximum atomic E-state index is 12.7. The molecule has 1 fully saturated rings. The molecular weight excluding hydrogens is 340 g/mol. The van der Waals surface area contributed by atoms with Crippen LogP contribution in [-0.4, -0.2) is 58.0 Å². The topological polar surface area (TPSA) is 111 Å². The van der Waals surface area contributed by atoms with Crippen LogP contribution in [0.3, 0.4) is 0 Å². The van der Waals surface area contributed by atoms with Gasteiger partial charge < -0.3 is 24.4 Å². The normalized spacial score (nSPS) is 14.3. The Morgan fingerprint density at radius 3 is 2.15 bits per heavy atom. The summed E-state index contributed by atoms with van der Waals surface area (Å²) in [4.78, 5) is 39.8. The molecule has 2 heterocycles. The molecule has 1 aromatic heterocycles. The summed E-state index contributed by atoms with van der Waals surface area (Å²) in [5, 5.41) is 19.3. The number of carbonyl (C=O) groups is 2. The summed E-state index contributed by atoms with van der Waals surface area (Å²) in [6, 6.07) is 5.45. The van der Waals surface area contributed by atoms with Gasteiger partial charge in [-0.05, 0) is 36.8 Å².